The molecule has 2 fully saturated rings. The zero-order valence-corrected chi connectivity index (χ0v) is 29.9. The van der Waals surface area contributed by atoms with Crippen LogP contribution in [0.25, 0.3) is 11.3 Å². The number of nitrogens with one attached hydrogen (secondary N) is 3. The maximum absolute atomic E-state index is 15.3. The van der Waals surface area contributed by atoms with E-state index in [4.69, 9.17) is 14.5 Å². The number of alkyl carbamates (subject to hydrolysis) is 1. The number of aromatic nitrogens is 2. The van der Waals surface area contributed by atoms with E-state index < -0.39 is 59.7 Å². The number of nitrogens with zero attached hydrogens (tertiary/aromatic N) is 4. The van der Waals surface area contributed by atoms with Crippen LogP contribution >= 0.6 is 0 Å². The molecular weight excluding hydrogens is 707 g/mol. The first kappa shape index (κ1) is 38.5. The van der Waals surface area contributed by atoms with Gasteiger partial charge in [0.05, 0.1) is 17.8 Å². The first-order chi connectivity index (χ1) is 26.1. The van der Waals surface area contributed by atoms with Gasteiger partial charge < -0.3 is 34.9 Å². The third-order valence-corrected chi connectivity index (χ3v) is 9.81. The summed E-state index contributed by atoms with van der Waals surface area (Å²) in [5, 5.41) is 8.45. The fraction of sp³-hybridized carbons (Fsp3) is 0.447. The number of ether oxygens (including phenoxy) is 2. The molecule has 0 spiro atoms. The summed E-state index contributed by atoms with van der Waals surface area (Å²) in [7, 11) is 0. The number of imide groups is 1. The van der Waals surface area contributed by atoms with E-state index in [9.17, 15) is 23.6 Å². The van der Waals surface area contributed by atoms with E-state index in [0.29, 0.717) is 45.0 Å². The van der Waals surface area contributed by atoms with Gasteiger partial charge in [-0.05, 0) is 49.4 Å². The number of amides is 5. The lowest BCUT2D eigenvalue weighted by Crippen LogP contribution is -2.52. The molecule has 2 saturated heterocycles. The van der Waals surface area contributed by atoms with Crippen molar-refractivity contribution in [3.63, 3.8) is 0 Å². The summed E-state index contributed by atoms with van der Waals surface area (Å²) in [6, 6.07) is 10.7. The molecular formula is C38H44F3N7O6. The molecule has 0 radical (unpaired) electrons. The Labute approximate surface area is 310 Å². The Kier molecular flexibility index (Phi) is 12.6. The molecule has 3 aliphatic heterocycles. The number of hydrogen-bond acceptors (Lipinski definition) is 8. The summed E-state index contributed by atoms with van der Waals surface area (Å²) in [4.78, 5) is 57.9. The van der Waals surface area contributed by atoms with Gasteiger partial charge in [0.2, 0.25) is 0 Å². The maximum atomic E-state index is 15.3. The normalized spacial score (nSPS) is 19.9. The summed E-state index contributed by atoms with van der Waals surface area (Å²) in [5.74, 6) is -2.54. The van der Waals surface area contributed by atoms with Crippen molar-refractivity contribution < 1.29 is 41.8 Å². The van der Waals surface area contributed by atoms with Crippen LogP contribution in [0.4, 0.5) is 22.8 Å². The summed E-state index contributed by atoms with van der Waals surface area (Å²) in [6.45, 7) is 3.01. The van der Waals surface area contributed by atoms with Crippen molar-refractivity contribution >= 4 is 23.9 Å². The Bertz CT molecular complexity index is 1820. The molecule has 3 aromatic rings. The van der Waals surface area contributed by atoms with Crippen LogP contribution in [-0.4, -0.2) is 108 Å². The first-order valence-electron chi connectivity index (χ1n) is 18.1. The Balaban J connectivity index is 1.27. The van der Waals surface area contributed by atoms with E-state index in [1.165, 1.54) is 0 Å². The molecule has 6 rings (SSSR count). The Morgan fingerprint density at radius 1 is 1.07 bits per heavy atom. The molecule has 5 amide bonds. The van der Waals surface area contributed by atoms with Crippen molar-refractivity contribution in [3.8, 4) is 11.3 Å². The fourth-order valence-corrected chi connectivity index (χ4v) is 7.00. The van der Waals surface area contributed by atoms with Crippen LogP contribution in [0.15, 0.2) is 66.9 Å². The second-order valence-electron chi connectivity index (χ2n) is 13.7. The second-order valence-corrected chi connectivity index (χ2v) is 13.7. The van der Waals surface area contributed by atoms with Crippen LogP contribution in [0.5, 0.6) is 0 Å². The van der Waals surface area contributed by atoms with Crippen LogP contribution in [0.3, 0.4) is 0 Å². The minimum atomic E-state index is -1.22. The van der Waals surface area contributed by atoms with E-state index in [-0.39, 0.29) is 50.0 Å². The van der Waals surface area contributed by atoms with Crippen LogP contribution < -0.4 is 16.0 Å². The van der Waals surface area contributed by atoms with E-state index in [1.54, 1.807) is 18.0 Å². The smallest absolute Gasteiger partial charge is 0.407 e. The second kappa shape index (κ2) is 17.7. The molecule has 0 bridgehead atoms. The number of alkyl halides is 1. The number of imidazole rings is 1. The molecule has 4 atom stereocenters. The van der Waals surface area contributed by atoms with E-state index in [2.05, 4.69) is 16.0 Å². The molecule has 13 nitrogen and oxygen atoms in total. The van der Waals surface area contributed by atoms with Gasteiger partial charge in [0.25, 0.3) is 11.8 Å². The predicted octanol–water partition coefficient (Wildman–Crippen LogP) is 3.95. The number of halogens is 3. The fourth-order valence-electron chi connectivity index (χ4n) is 7.00. The minimum absolute atomic E-state index is 0.0146. The molecule has 1 aromatic heterocycles. The molecule has 4 heterocycles. The summed E-state index contributed by atoms with van der Waals surface area (Å²) in [5.41, 5.74) is 1.06. The van der Waals surface area contributed by atoms with Crippen molar-refractivity contribution in [1.29, 1.82) is 0 Å². The largest absolute Gasteiger partial charge is 0.447 e. The van der Waals surface area contributed by atoms with Gasteiger partial charge in [-0.15, -0.1) is 0 Å². The average Bonchev–Trinajstić information content (AvgIpc) is 3.86. The van der Waals surface area contributed by atoms with Gasteiger partial charge in [-0.3, -0.25) is 14.5 Å². The summed E-state index contributed by atoms with van der Waals surface area (Å²) < 4.78 is 57.7. The summed E-state index contributed by atoms with van der Waals surface area (Å²) in [6.07, 6.45) is 3.04. The third-order valence-electron chi connectivity index (χ3n) is 9.81. The number of hydrogen-bond donors (Lipinski definition) is 3. The topological polar surface area (TPSA) is 147 Å². The zero-order valence-electron chi connectivity index (χ0n) is 29.9. The highest BCUT2D eigenvalue weighted by atomic mass is 19.1. The van der Waals surface area contributed by atoms with Gasteiger partial charge in [0, 0.05) is 82.3 Å². The number of carbonyl (C=O) groups excluding carboxylic acids is 4. The van der Waals surface area contributed by atoms with Gasteiger partial charge in [0.15, 0.2) is 0 Å². The van der Waals surface area contributed by atoms with Gasteiger partial charge in [0.1, 0.15) is 30.2 Å². The molecule has 288 valence electrons. The third kappa shape index (κ3) is 9.46. The lowest BCUT2D eigenvalue weighted by Gasteiger charge is -2.40. The van der Waals surface area contributed by atoms with Crippen molar-refractivity contribution in [1.82, 2.24) is 35.3 Å². The SMILES string of the molecule is CC(COC(=O)NCCN1C(=O)C=CC1=O)NC(=O)N(CC1CNCC1F)C(c1nc(-c2cc(F)ccc2F)cn1Cc1ccccc1)C1CCOCC1. The van der Waals surface area contributed by atoms with Crippen LogP contribution in [-0.2, 0) is 25.6 Å². The van der Waals surface area contributed by atoms with Gasteiger partial charge in [-0.25, -0.2) is 27.7 Å². The number of rotatable bonds is 14. The lowest BCUT2D eigenvalue weighted by molar-refractivity contribution is -0.136. The standard InChI is InChI=1S/C38H44F3N7O6/c1-24(23-54-38(52)43-13-14-47-33(49)9-10-34(47)50)44-37(51)48(21-27-18-42-19-31(27)41)35(26-11-15-53-16-12-26)36-45-32(29-17-28(39)7-8-30(29)40)22-46(36)20-25-5-3-2-4-6-25/h2-10,17,22,24,26-27,31,35,42H,11-16,18-21,23H2,1H3,(H,43,52)(H,44,51). The van der Waals surface area contributed by atoms with Crippen LogP contribution in [0.1, 0.15) is 37.2 Å². The average molecular weight is 752 g/mol. The monoisotopic (exact) mass is 751 g/mol. The minimum Gasteiger partial charge on any atom is -0.447 e. The molecule has 16 heteroatoms. The number of benzene rings is 2. The Morgan fingerprint density at radius 3 is 2.52 bits per heavy atom. The molecule has 0 aliphatic carbocycles. The van der Waals surface area contributed by atoms with Crippen molar-refractivity contribution in [2.45, 2.75) is 44.6 Å². The predicted molar refractivity (Wildman–Crippen MR) is 191 cm³/mol. The Hall–Kier alpha value is -5.22. The number of urea groups is 1. The Morgan fingerprint density at radius 2 is 1.81 bits per heavy atom. The van der Waals surface area contributed by atoms with E-state index >= 15 is 8.78 Å². The van der Waals surface area contributed by atoms with Crippen LogP contribution in [0.2, 0.25) is 0 Å². The highest BCUT2D eigenvalue weighted by molar-refractivity contribution is 6.12. The molecule has 3 aliphatic rings. The first-order valence-corrected chi connectivity index (χ1v) is 18.1. The molecule has 0 saturated carbocycles. The zero-order chi connectivity index (χ0) is 38.2. The highest BCUT2D eigenvalue weighted by Crippen LogP contribution is 2.38. The van der Waals surface area contributed by atoms with Crippen molar-refractivity contribution in [2.75, 3.05) is 52.5 Å². The van der Waals surface area contributed by atoms with Gasteiger partial charge >= 0.3 is 12.1 Å². The van der Waals surface area contributed by atoms with E-state index in [0.717, 1.165) is 40.8 Å². The quantitative estimate of drug-likeness (QED) is 0.210. The molecule has 2 aromatic carbocycles. The van der Waals surface area contributed by atoms with Gasteiger partial charge in [-0.2, -0.15) is 0 Å². The van der Waals surface area contributed by atoms with Crippen molar-refractivity contribution in [2.24, 2.45) is 11.8 Å². The number of carbonyl (C=O) groups is 4. The van der Waals surface area contributed by atoms with Gasteiger partial charge in [-0.1, -0.05) is 30.3 Å². The lowest BCUT2D eigenvalue weighted by atomic mass is 9.89. The highest BCUT2D eigenvalue weighted by Gasteiger charge is 2.40. The molecule has 54 heavy (non-hydrogen) atoms. The van der Waals surface area contributed by atoms with Crippen molar-refractivity contribution in [3.05, 3.63) is 89.9 Å². The summed E-state index contributed by atoms with van der Waals surface area (Å²) >= 11 is 0. The van der Waals surface area contributed by atoms with E-state index in [1.807, 2.05) is 34.9 Å². The molecule has 4 unspecified atom stereocenters. The van der Waals surface area contributed by atoms with Crippen LogP contribution in [0, 0.1) is 23.5 Å². The maximum Gasteiger partial charge on any atom is 0.407 e. The molecule has 3 N–H and O–H groups in total.